The van der Waals surface area contributed by atoms with Gasteiger partial charge in [0.2, 0.25) is 0 Å². The molecule has 0 atom stereocenters. The van der Waals surface area contributed by atoms with Crippen molar-refractivity contribution < 1.29 is 17.7 Å². The lowest BCUT2D eigenvalue weighted by atomic mass is 10.2. The van der Waals surface area contributed by atoms with E-state index in [1.54, 1.807) is 12.1 Å². The van der Waals surface area contributed by atoms with Crippen LogP contribution in [-0.4, -0.2) is 25.3 Å². The summed E-state index contributed by atoms with van der Waals surface area (Å²) in [7, 11) is -4.18. The summed E-state index contributed by atoms with van der Waals surface area (Å²) in [6.07, 6.45) is 0. The minimum atomic E-state index is -4.18. The van der Waals surface area contributed by atoms with Gasteiger partial charge in [0.15, 0.2) is 0 Å². The number of ether oxygens (including phenoxy) is 1. The first-order valence-corrected chi connectivity index (χ1v) is 5.68. The van der Waals surface area contributed by atoms with Crippen molar-refractivity contribution in [2.45, 2.75) is 6.92 Å². The van der Waals surface area contributed by atoms with Crippen molar-refractivity contribution in [3.8, 4) is 5.75 Å². The molecule has 0 aliphatic carbocycles. The highest BCUT2D eigenvalue weighted by Crippen LogP contribution is 2.10. The van der Waals surface area contributed by atoms with E-state index in [9.17, 15) is 13.0 Å². The van der Waals surface area contributed by atoms with E-state index < -0.39 is 15.9 Å². The topological polar surface area (TPSA) is 66.4 Å². The molecule has 0 heterocycles. The molecule has 1 rings (SSSR count). The van der Waals surface area contributed by atoms with Crippen LogP contribution in [-0.2, 0) is 10.1 Å². The Bertz CT molecular complexity index is 380. The predicted molar refractivity (Wildman–Crippen MR) is 51.2 cm³/mol. The van der Waals surface area contributed by atoms with Crippen molar-refractivity contribution in [1.29, 1.82) is 0 Å². The van der Waals surface area contributed by atoms with Crippen molar-refractivity contribution in [3.05, 3.63) is 29.8 Å². The highest BCUT2D eigenvalue weighted by atomic mass is 32.2. The highest BCUT2D eigenvalue weighted by Gasteiger charge is 1.96. The third-order valence-corrected chi connectivity index (χ3v) is 2.29. The van der Waals surface area contributed by atoms with Crippen molar-refractivity contribution in [2.75, 3.05) is 12.4 Å². The maximum Gasteiger partial charge on any atom is 0.119 e. The summed E-state index contributed by atoms with van der Waals surface area (Å²) >= 11 is 0. The molecule has 0 N–H and O–H groups in total. The Hall–Kier alpha value is -1.07. The first kappa shape index (κ1) is 11.0. The summed E-state index contributed by atoms with van der Waals surface area (Å²) in [6.45, 7) is 1.83. The number of hydrogen-bond acceptors (Lipinski definition) is 4. The summed E-state index contributed by atoms with van der Waals surface area (Å²) in [5.74, 6) is 0.0696. The third kappa shape index (κ3) is 4.25. The monoisotopic (exact) mass is 215 g/mol. The first-order valence-electron chi connectivity index (χ1n) is 4.10. The van der Waals surface area contributed by atoms with Crippen molar-refractivity contribution >= 4 is 10.1 Å². The molecule has 0 saturated carbocycles. The lowest BCUT2D eigenvalue weighted by Crippen LogP contribution is -2.12. The van der Waals surface area contributed by atoms with Crippen LogP contribution in [0.3, 0.4) is 0 Å². The van der Waals surface area contributed by atoms with Crippen LogP contribution in [0.15, 0.2) is 24.3 Å². The average molecular weight is 215 g/mol. The van der Waals surface area contributed by atoms with E-state index in [-0.39, 0.29) is 6.61 Å². The molecule has 0 radical (unpaired) electrons. The number of benzene rings is 1. The largest absolute Gasteiger partial charge is 0.748 e. The van der Waals surface area contributed by atoms with Gasteiger partial charge in [0.05, 0.1) is 15.9 Å². The van der Waals surface area contributed by atoms with Gasteiger partial charge in [0.1, 0.15) is 12.4 Å². The quantitative estimate of drug-likeness (QED) is 0.700. The molecule has 0 unspecified atom stereocenters. The van der Waals surface area contributed by atoms with Crippen molar-refractivity contribution in [1.82, 2.24) is 0 Å². The third-order valence-electron chi connectivity index (χ3n) is 1.62. The number of rotatable bonds is 4. The van der Waals surface area contributed by atoms with E-state index in [1.165, 1.54) is 0 Å². The zero-order valence-electron chi connectivity index (χ0n) is 7.76. The molecule has 0 aliphatic rings. The average Bonchev–Trinajstić information content (AvgIpc) is 2.06. The van der Waals surface area contributed by atoms with Gasteiger partial charge in [-0.2, -0.15) is 0 Å². The molecular formula is C9H11O4S-. The molecule has 0 spiro atoms. The Labute approximate surface area is 83.3 Å². The van der Waals surface area contributed by atoms with Crippen LogP contribution in [0.1, 0.15) is 5.56 Å². The second kappa shape index (κ2) is 4.43. The van der Waals surface area contributed by atoms with Crippen LogP contribution in [0.4, 0.5) is 0 Å². The molecule has 5 heteroatoms. The van der Waals surface area contributed by atoms with Crippen LogP contribution in [0, 0.1) is 6.92 Å². The van der Waals surface area contributed by atoms with Crippen molar-refractivity contribution in [2.24, 2.45) is 0 Å². The van der Waals surface area contributed by atoms with Gasteiger partial charge in [0.25, 0.3) is 0 Å². The standard InChI is InChI=1S/C9H12O4S/c1-8-2-4-9(5-3-8)13-6-7-14(10,11)12/h2-5H,6-7H2,1H3,(H,10,11,12)/p-1. The van der Waals surface area contributed by atoms with Crippen LogP contribution in [0.5, 0.6) is 5.75 Å². The van der Waals surface area contributed by atoms with Crippen LogP contribution >= 0.6 is 0 Å². The molecule has 0 amide bonds. The Kier molecular flexibility index (Phi) is 3.49. The van der Waals surface area contributed by atoms with Gasteiger partial charge >= 0.3 is 0 Å². The Balaban J connectivity index is 2.43. The number of aryl methyl sites for hydroxylation is 1. The molecule has 0 aliphatic heterocycles. The van der Waals surface area contributed by atoms with Crippen LogP contribution in [0.2, 0.25) is 0 Å². The van der Waals surface area contributed by atoms with E-state index in [0.29, 0.717) is 5.75 Å². The van der Waals surface area contributed by atoms with E-state index in [0.717, 1.165) is 5.56 Å². The summed E-state index contributed by atoms with van der Waals surface area (Å²) in [5.41, 5.74) is 1.09. The van der Waals surface area contributed by atoms with Crippen LogP contribution in [0.25, 0.3) is 0 Å². The molecular weight excluding hydrogens is 204 g/mol. The molecule has 0 bridgehead atoms. The fourth-order valence-electron chi connectivity index (χ4n) is 0.896. The lowest BCUT2D eigenvalue weighted by Gasteiger charge is -2.08. The van der Waals surface area contributed by atoms with E-state index in [4.69, 9.17) is 4.74 Å². The summed E-state index contributed by atoms with van der Waals surface area (Å²) in [5, 5.41) is 0. The molecule has 0 saturated heterocycles. The lowest BCUT2D eigenvalue weighted by molar-refractivity contribution is 0.334. The van der Waals surface area contributed by atoms with Gasteiger partial charge in [-0.1, -0.05) is 17.7 Å². The number of hydrogen-bond donors (Lipinski definition) is 0. The maximum absolute atomic E-state index is 10.2. The molecule has 0 fully saturated rings. The first-order chi connectivity index (χ1) is 6.47. The molecule has 4 nitrogen and oxygen atoms in total. The second-order valence-electron chi connectivity index (χ2n) is 2.92. The smallest absolute Gasteiger partial charge is 0.119 e. The Morgan fingerprint density at radius 1 is 1.29 bits per heavy atom. The molecule has 1 aromatic carbocycles. The minimum absolute atomic E-state index is 0.102. The zero-order chi connectivity index (χ0) is 10.6. The summed E-state index contributed by atoms with van der Waals surface area (Å²) in [6, 6.07) is 7.15. The SMILES string of the molecule is Cc1ccc(OCCS(=O)(=O)[O-])cc1. The molecule has 1 aromatic rings. The van der Waals surface area contributed by atoms with E-state index in [1.807, 2.05) is 19.1 Å². The predicted octanol–water partition coefficient (Wildman–Crippen LogP) is 0.919. The van der Waals surface area contributed by atoms with Gasteiger partial charge in [-0.05, 0) is 19.1 Å². The zero-order valence-corrected chi connectivity index (χ0v) is 8.58. The van der Waals surface area contributed by atoms with E-state index >= 15 is 0 Å². The van der Waals surface area contributed by atoms with Gasteiger partial charge in [-0.25, -0.2) is 8.42 Å². The summed E-state index contributed by atoms with van der Waals surface area (Å²) in [4.78, 5) is 0. The summed E-state index contributed by atoms with van der Waals surface area (Å²) < 4.78 is 35.8. The maximum atomic E-state index is 10.2. The van der Waals surface area contributed by atoms with Crippen LogP contribution < -0.4 is 4.74 Å². The Morgan fingerprint density at radius 2 is 1.86 bits per heavy atom. The van der Waals surface area contributed by atoms with Crippen molar-refractivity contribution in [3.63, 3.8) is 0 Å². The molecule has 0 aromatic heterocycles. The van der Waals surface area contributed by atoms with Gasteiger partial charge < -0.3 is 9.29 Å². The van der Waals surface area contributed by atoms with Gasteiger partial charge in [-0.3, -0.25) is 0 Å². The van der Waals surface area contributed by atoms with Gasteiger partial charge in [0, 0.05) is 0 Å². The Morgan fingerprint density at radius 3 is 2.36 bits per heavy atom. The normalized spacial score (nSPS) is 11.3. The fraction of sp³-hybridized carbons (Fsp3) is 0.333. The second-order valence-corrected chi connectivity index (χ2v) is 4.45. The fourth-order valence-corrected chi connectivity index (χ4v) is 1.18. The van der Waals surface area contributed by atoms with Gasteiger partial charge in [-0.15, -0.1) is 0 Å². The molecule has 14 heavy (non-hydrogen) atoms. The van der Waals surface area contributed by atoms with E-state index in [2.05, 4.69) is 0 Å². The molecule has 78 valence electrons. The minimum Gasteiger partial charge on any atom is -0.748 e. The highest BCUT2D eigenvalue weighted by molar-refractivity contribution is 7.85.